The molecule has 4 rings (SSSR count). The number of ketones is 1. The van der Waals surface area contributed by atoms with Crippen LogP contribution in [0.5, 0.6) is 0 Å². The zero-order valence-electron chi connectivity index (χ0n) is 18.5. The number of carbonyl (C=O) groups is 2. The summed E-state index contributed by atoms with van der Waals surface area (Å²) in [7, 11) is 0. The lowest BCUT2D eigenvalue weighted by atomic mass is 9.98. The molecule has 186 valence electrons. The van der Waals surface area contributed by atoms with E-state index in [0.717, 1.165) is 0 Å². The Morgan fingerprint density at radius 1 is 1.00 bits per heavy atom. The fourth-order valence-corrected chi connectivity index (χ4v) is 5.71. The minimum Gasteiger partial charge on any atom is -0.326 e. The third-order valence-corrected chi connectivity index (χ3v) is 7.71. The van der Waals surface area contributed by atoms with E-state index in [1.165, 1.54) is 24.3 Å². The number of nitrogens with zero attached hydrogens (tertiary/aromatic N) is 1. The molecule has 11 heteroatoms. The summed E-state index contributed by atoms with van der Waals surface area (Å²) < 4.78 is -1.35. The summed E-state index contributed by atoms with van der Waals surface area (Å²) in [6, 6.07) is 13.7. The number of anilines is 1. The minimum atomic E-state index is -1.35. The molecule has 36 heavy (non-hydrogen) atoms. The molecule has 1 saturated carbocycles. The molecule has 0 heterocycles. The molecule has 0 aliphatic heterocycles. The average Bonchev–Trinajstić information content (AvgIpc) is 3.37. The van der Waals surface area contributed by atoms with E-state index in [1.54, 1.807) is 37.3 Å². The second-order valence-electron chi connectivity index (χ2n) is 8.48. The largest absolute Gasteiger partial charge is 0.326 e. The molecule has 3 aromatic carbocycles. The molecule has 1 fully saturated rings. The number of hydrogen-bond donors (Lipinski definition) is 1. The van der Waals surface area contributed by atoms with Gasteiger partial charge in [-0.25, -0.2) is 0 Å². The number of non-ortho nitro benzene ring substituents is 1. The van der Waals surface area contributed by atoms with E-state index in [9.17, 15) is 19.7 Å². The van der Waals surface area contributed by atoms with E-state index in [1.807, 2.05) is 0 Å². The number of alkyl halides is 2. The second kappa shape index (κ2) is 10.2. The van der Waals surface area contributed by atoms with Crippen LogP contribution in [0.1, 0.15) is 33.0 Å². The number of Topliss-reactive ketones (excluding diaryl/α,β-unsaturated/α-hetero) is 1. The Labute approximate surface area is 231 Å². The summed E-state index contributed by atoms with van der Waals surface area (Å²) >= 11 is 31.3. The summed E-state index contributed by atoms with van der Waals surface area (Å²) in [5, 5.41) is 14.7. The number of aryl methyl sites for hydroxylation is 1. The molecule has 0 saturated heterocycles. The van der Waals surface area contributed by atoms with Gasteiger partial charge in [0.05, 0.1) is 15.9 Å². The van der Waals surface area contributed by atoms with E-state index >= 15 is 0 Å². The molecule has 1 aliphatic rings. The van der Waals surface area contributed by atoms with Crippen LogP contribution < -0.4 is 5.32 Å². The molecule has 1 aliphatic carbocycles. The Bertz CT molecular complexity index is 1390. The summed E-state index contributed by atoms with van der Waals surface area (Å²) in [6.07, 6.45) is -0.0202. The first kappa shape index (κ1) is 26.7. The monoisotopic (exact) mass is 584 g/mol. The van der Waals surface area contributed by atoms with Gasteiger partial charge in [0, 0.05) is 45.8 Å². The number of nitro groups is 1. The van der Waals surface area contributed by atoms with Crippen molar-refractivity contribution >= 4 is 81.1 Å². The second-order valence-corrected chi connectivity index (χ2v) is 11.2. The molecular weight excluding hydrogens is 570 g/mol. The zero-order valence-corrected chi connectivity index (χ0v) is 22.3. The van der Waals surface area contributed by atoms with Gasteiger partial charge < -0.3 is 5.32 Å². The third kappa shape index (κ3) is 5.48. The highest BCUT2D eigenvalue weighted by Gasteiger charge is 2.67. The standard InChI is InChI=1S/C25H17Cl5N2O4/c1-12-6-18(32(35)36)4-2-13(12)9-21(33)19-11-17(3-5-20(19)28)31-24(34)23-22(25(23,29)30)14-7-15(26)10-16(27)8-14/h2-8,10-11,22-23H,9H2,1H3,(H,31,34). The fraction of sp³-hybridized carbons (Fsp3) is 0.200. The van der Waals surface area contributed by atoms with Crippen molar-refractivity contribution in [3.05, 3.63) is 102 Å². The van der Waals surface area contributed by atoms with Crippen molar-refractivity contribution in [1.29, 1.82) is 0 Å². The number of benzene rings is 3. The number of halogens is 5. The van der Waals surface area contributed by atoms with Crippen LogP contribution >= 0.6 is 58.0 Å². The van der Waals surface area contributed by atoms with Gasteiger partial charge in [-0.15, -0.1) is 23.2 Å². The van der Waals surface area contributed by atoms with E-state index in [-0.39, 0.29) is 28.5 Å². The van der Waals surface area contributed by atoms with Gasteiger partial charge in [-0.05, 0) is 60.0 Å². The Balaban J connectivity index is 1.51. The van der Waals surface area contributed by atoms with Gasteiger partial charge in [-0.1, -0.05) is 40.9 Å². The van der Waals surface area contributed by atoms with Gasteiger partial charge in [-0.2, -0.15) is 0 Å². The predicted molar refractivity (Wildman–Crippen MR) is 143 cm³/mol. The first-order chi connectivity index (χ1) is 16.9. The van der Waals surface area contributed by atoms with Crippen LogP contribution in [0.4, 0.5) is 11.4 Å². The molecule has 0 radical (unpaired) electrons. The lowest BCUT2D eigenvalue weighted by Gasteiger charge is -2.10. The molecule has 6 nitrogen and oxygen atoms in total. The normalized spacial score (nSPS) is 17.9. The molecule has 1 N–H and O–H groups in total. The molecule has 1 amide bonds. The van der Waals surface area contributed by atoms with Crippen LogP contribution in [0.2, 0.25) is 15.1 Å². The van der Waals surface area contributed by atoms with Crippen molar-refractivity contribution in [2.75, 3.05) is 5.32 Å². The Morgan fingerprint density at radius 2 is 1.67 bits per heavy atom. The lowest BCUT2D eigenvalue weighted by Crippen LogP contribution is -2.17. The van der Waals surface area contributed by atoms with Crippen LogP contribution in [0, 0.1) is 23.0 Å². The van der Waals surface area contributed by atoms with Gasteiger partial charge in [0.1, 0.15) is 4.33 Å². The topological polar surface area (TPSA) is 89.3 Å². The summed E-state index contributed by atoms with van der Waals surface area (Å²) in [5.41, 5.74) is 2.37. The van der Waals surface area contributed by atoms with E-state index in [4.69, 9.17) is 58.0 Å². The first-order valence-electron chi connectivity index (χ1n) is 10.6. The SMILES string of the molecule is Cc1cc([N+](=O)[O-])ccc1CC(=O)c1cc(NC(=O)C2C(c3cc(Cl)cc(Cl)c3)C2(Cl)Cl)ccc1Cl. The zero-order chi connectivity index (χ0) is 26.4. The van der Waals surface area contributed by atoms with Crippen molar-refractivity contribution in [2.45, 2.75) is 23.6 Å². The van der Waals surface area contributed by atoms with Crippen LogP contribution in [0.25, 0.3) is 0 Å². The maximum absolute atomic E-state index is 13.0. The molecule has 3 aromatic rings. The van der Waals surface area contributed by atoms with Crippen LogP contribution in [0.3, 0.4) is 0 Å². The van der Waals surface area contributed by atoms with E-state index < -0.39 is 27.0 Å². The van der Waals surface area contributed by atoms with Crippen LogP contribution in [0.15, 0.2) is 54.6 Å². The number of carbonyl (C=O) groups excluding carboxylic acids is 2. The van der Waals surface area contributed by atoms with E-state index in [2.05, 4.69) is 5.32 Å². The highest BCUT2D eigenvalue weighted by Crippen LogP contribution is 2.65. The maximum Gasteiger partial charge on any atom is 0.269 e. The van der Waals surface area contributed by atoms with Gasteiger partial charge >= 0.3 is 0 Å². The lowest BCUT2D eigenvalue weighted by molar-refractivity contribution is -0.384. The van der Waals surface area contributed by atoms with Crippen LogP contribution in [-0.2, 0) is 11.2 Å². The first-order valence-corrected chi connectivity index (χ1v) is 12.5. The smallest absolute Gasteiger partial charge is 0.269 e. The van der Waals surface area contributed by atoms with Crippen molar-refractivity contribution in [3.63, 3.8) is 0 Å². The molecular formula is C25H17Cl5N2O4. The Hall–Kier alpha value is -2.35. The van der Waals surface area contributed by atoms with Gasteiger partial charge in [-0.3, -0.25) is 19.7 Å². The molecule has 0 bridgehead atoms. The van der Waals surface area contributed by atoms with Gasteiger partial charge in [0.15, 0.2) is 5.78 Å². The molecule has 2 atom stereocenters. The maximum atomic E-state index is 13.0. The molecule has 0 aromatic heterocycles. The quantitative estimate of drug-likeness (QED) is 0.132. The van der Waals surface area contributed by atoms with Crippen molar-refractivity contribution in [3.8, 4) is 0 Å². The van der Waals surface area contributed by atoms with Crippen molar-refractivity contribution in [1.82, 2.24) is 0 Å². The number of nitrogens with one attached hydrogen (secondary N) is 1. The summed E-state index contributed by atoms with van der Waals surface area (Å²) in [6.45, 7) is 1.69. The van der Waals surface area contributed by atoms with Crippen LogP contribution in [-0.4, -0.2) is 20.9 Å². The van der Waals surface area contributed by atoms with Crippen molar-refractivity contribution < 1.29 is 14.5 Å². The van der Waals surface area contributed by atoms with Crippen molar-refractivity contribution in [2.24, 2.45) is 5.92 Å². The average molecular weight is 587 g/mol. The number of nitro benzene ring substituents is 1. The summed E-state index contributed by atoms with van der Waals surface area (Å²) in [5.74, 6) is -2.04. The predicted octanol–water partition coefficient (Wildman–Crippen LogP) is 7.81. The Kier molecular flexibility index (Phi) is 7.56. The number of rotatable bonds is 7. The molecule has 0 spiro atoms. The number of hydrogen-bond acceptors (Lipinski definition) is 4. The third-order valence-electron chi connectivity index (χ3n) is 6.00. The highest BCUT2D eigenvalue weighted by molar-refractivity contribution is 6.53. The Morgan fingerprint density at radius 3 is 2.28 bits per heavy atom. The number of amides is 1. The summed E-state index contributed by atoms with van der Waals surface area (Å²) in [4.78, 5) is 36.5. The molecule has 2 unspecified atom stereocenters. The van der Waals surface area contributed by atoms with Gasteiger partial charge in [0.2, 0.25) is 5.91 Å². The minimum absolute atomic E-state index is 0.0202. The van der Waals surface area contributed by atoms with Gasteiger partial charge in [0.25, 0.3) is 5.69 Å². The van der Waals surface area contributed by atoms with E-state index in [0.29, 0.717) is 32.4 Å². The highest BCUT2D eigenvalue weighted by atomic mass is 35.5. The fourth-order valence-electron chi connectivity index (χ4n) is 4.12.